The zero-order chi connectivity index (χ0) is 15.5. The number of hydrogen-bond acceptors (Lipinski definition) is 8. The number of aryl methyl sites for hydroxylation is 1. The van der Waals surface area contributed by atoms with Crippen molar-refractivity contribution in [3.05, 3.63) is 28.0 Å². The molecule has 0 atom stereocenters. The van der Waals surface area contributed by atoms with E-state index in [0.717, 1.165) is 43.7 Å². The molecular formula is C12H16N8O2. The molecule has 0 radical (unpaired) electrons. The molecule has 0 aliphatic carbocycles. The second kappa shape index (κ2) is 5.92. The first kappa shape index (κ1) is 14.2. The Labute approximate surface area is 125 Å². The van der Waals surface area contributed by atoms with Gasteiger partial charge in [-0.05, 0) is 12.8 Å². The lowest BCUT2D eigenvalue weighted by Crippen LogP contribution is -2.16. The zero-order valence-electron chi connectivity index (χ0n) is 11.9. The second-order valence-corrected chi connectivity index (χ2v) is 5.04. The molecule has 116 valence electrons. The number of nitrogens with two attached hydrogens (primary N) is 1. The summed E-state index contributed by atoms with van der Waals surface area (Å²) in [5.41, 5.74) is 5.23. The van der Waals surface area contributed by atoms with E-state index in [-0.39, 0.29) is 17.5 Å². The lowest BCUT2D eigenvalue weighted by atomic mass is 10.1. The van der Waals surface area contributed by atoms with Crippen LogP contribution in [0.5, 0.6) is 0 Å². The molecule has 1 aliphatic rings. The first-order valence-electron chi connectivity index (χ1n) is 7.07. The van der Waals surface area contributed by atoms with Gasteiger partial charge in [0.15, 0.2) is 0 Å². The Kier molecular flexibility index (Phi) is 3.81. The van der Waals surface area contributed by atoms with E-state index < -0.39 is 4.92 Å². The van der Waals surface area contributed by atoms with E-state index in [9.17, 15) is 10.1 Å². The molecule has 2 aromatic rings. The number of fused-ring (bicyclic) bond motifs is 1. The van der Waals surface area contributed by atoms with E-state index >= 15 is 0 Å². The highest BCUT2D eigenvalue weighted by molar-refractivity contribution is 5.53. The topological polar surface area (TPSA) is 138 Å². The smallest absolute Gasteiger partial charge is 0.329 e. The highest BCUT2D eigenvalue weighted by Gasteiger charge is 2.16. The van der Waals surface area contributed by atoms with E-state index in [1.807, 2.05) is 0 Å². The van der Waals surface area contributed by atoms with E-state index in [2.05, 4.69) is 30.0 Å². The molecule has 22 heavy (non-hydrogen) atoms. The molecule has 3 heterocycles. The second-order valence-electron chi connectivity index (χ2n) is 5.04. The third-order valence-electron chi connectivity index (χ3n) is 3.56. The average Bonchev–Trinajstić information content (AvgIpc) is 2.90. The molecule has 0 amide bonds. The third-order valence-corrected chi connectivity index (χ3v) is 3.56. The van der Waals surface area contributed by atoms with Gasteiger partial charge in [-0.15, -0.1) is 10.2 Å². The van der Waals surface area contributed by atoms with Crippen LogP contribution in [0, 0.1) is 10.1 Å². The molecule has 2 aromatic heterocycles. The number of anilines is 2. The van der Waals surface area contributed by atoms with E-state index in [1.54, 1.807) is 0 Å². The number of nitrogens with one attached hydrogen (secondary N) is 1. The Morgan fingerprint density at radius 1 is 1.41 bits per heavy atom. The Morgan fingerprint density at radius 2 is 2.27 bits per heavy atom. The Hall–Kier alpha value is -2.78. The zero-order valence-corrected chi connectivity index (χ0v) is 11.9. The lowest BCUT2D eigenvalue weighted by Gasteiger charge is -2.14. The number of nitrogen functional groups attached to an aromatic ring is 1. The fraction of sp³-hybridized carbons (Fsp3) is 0.500. The van der Waals surface area contributed by atoms with Gasteiger partial charge in [0.2, 0.25) is 11.8 Å². The monoisotopic (exact) mass is 304 g/mol. The molecule has 0 bridgehead atoms. The molecule has 3 rings (SSSR count). The van der Waals surface area contributed by atoms with Crippen molar-refractivity contribution in [3.8, 4) is 0 Å². The predicted octanol–water partition coefficient (Wildman–Crippen LogP) is 0.549. The molecular weight excluding hydrogens is 288 g/mol. The van der Waals surface area contributed by atoms with Crippen LogP contribution in [-0.4, -0.2) is 36.2 Å². The van der Waals surface area contributed by atoms with Crippen molar-refractivity contribution in [1.82, 2.24) is 24.7 Å². The molecule has 0 aromatic carbocycles. The van der Waals surface area contributed by atoms with Crippen LogP contribution in [0.2, 0.25) is 0 Å². The normalized spacial score (nSPS) is 13.6. The van der Waals surface area contributed by atoms with Crippen molar-refractivity contribution in [1.29, 1.82) is 0 Å². The molecule has 10 nitrogen and oxygen atoms in total. The number of aromatic nitrogens is 5. The minimum absolute atomic E-state index is 0.151. The Morgan fingerprint density at radius 3 is 3.05 bits per heavy atom. The SMILES string of the molecule is Nc1nc(NCCc2nnc3n2CCCC3)ncc1[N+](=O)[O-]. The van der Waals surface area contributed by atoms with Crippen molar-refractivity contribution in [2.45, 2.75) is 32.2 Å². The first-order chi connectivity index (χ1) is 10.6. The van der Waals surface area contributed by atoms with Crippen LogP contribution in [-0.2, 0) is 19.4 Å². The summed E-state index contributed by atoms with van der Waals surface area (Å²) in [5, 5.41) is 22.0. The van der Waals surface area contributed by atoms with E-state index in [0.29, 0.717) is 13.0 Å². The number of rotatable bonds is 5. The standard InChI is InChI=1S/C12H16N8O2/c13-11-8(20(21)22)7-15-12(16-11)14-5-4-10-18-17-9-3-1-2-6-19(9)10/h7H,1-6H2,(H3,13,14,15,16). The maximum Gasteiger partial charge on any atom is 0.329 e. The van der Waals surface area contributed by atoms with Crippen LogP contribution < -0.4 is 11.1 Å². The van der Waals surface area contributed by atoms with Crippen molar-refractivity contribution in [2.75, 3.05) is 17.6 Å². The summed E-state index contributed by atoms with van der Waals surface area (Å²) < 4.78 is 2.15. The fourth-order valence-electron chi connectivity index (χ4n) is 2.45. The molecule has 0 spiro atoms. The van der Waals surface area contributed by atoms with Crippen LogP contribution in [0.3, 0.4) is 0 Å². The minimum Gasteiger partial charge on any atom is -0.378 e. The quantitative estimate of drug-likeness (QED) is 0.603. The highest BCUT2D eigenvalue weighted by atomic mass is 16.6. The van der Waals surface area contributed by atoms with Crippen LogP contribution >= 0.6 is 0 Å². The van der Waals surface area contributed by atoms with Crippen LogP contribution in [0.4, 0.5) is 17.5 Å². The van der Waals surface area contributed by atoms with Crippen molar-refractivity contribution < 1.29 is 4.92 Å². The summed E-state index contributed by atoms with van der Waals surface area (Å²) in [6, 6.07) is 0. The summed E-state index contributed by atoms with van der Waals surface area (Å²) in [6.45, 7) is 1.51. The molecule has 3 N–H and O–H groups in total. The van der Waals surface area contributed by atoms with Gasteiger partial charge in [-0.2, -0.15) is 4.98 Å². The van der Waals surface area contributed by atoms with E-state index in [1.165, 1.54) is 0 Å². The van der Waals surface area contributed by atoms with Gasteiger partial charge in [-0.3, -0.25) is 10.1 Å². The molecule has 0 saturated heterocycles. The van der Waals surface area contributed by atoms with Gasteiger partial charge in [0.05, 0.1) is 4.92 Å². The minimum atomic E-state index is -0.610. The van der Waals surface area contributed by atoms with Gasteiger partial charge in [-0.25, -0.2) is 4.98 Å². The average molecular weight is 304 g/mol. The van der Waals surface area contributed by atoms with Gasteiger partial charge in [0.1, 0.15) is 17.8 Å². The Bertz CT molecular complexity index is 698. The summed E-state index contributed by atoms with van der Waals surface area (Å²) in [5.74, 6) is 2.08. The predicted molar refractivity (Wildman–Crippen MR) is 78.3 cm³/mol. The van der Waals surface area contributed by atoms with Crippen LogP contribution in [0.25, 0.3) is 0 Å². The van der Waals surface area contributed by atoms with Crippen molar-refractivity contribution in [2.24, 2.45) is 0 Å². The molecule has 10 heteroatoms. The molecule has 0 fully saturated rings. The van der Waals surface area contributed by atoms with Gasteiger partial charge >= 0.3 is 5.69 Å². The van der Waals surface area contributed by atoms with Gasteiger partial charge < -0.3 is 15.6 Å². The highest BCUT2D eigenvalue weighted by Crippen LogP contribution is 2.18. The summed E-state index contributed by atoms with van der Waals surface area (Å²) in [7, 11) is 0. The molecule has 0 saturated carbocycles. The van der Waals surface area contributed by atoms with Gasteiger partial charge in [-0.1, -0.05) is 0 Å². The Balaban J connectivity index is 1.60. The first-order valence-corrected chi connectivity index (χ1v) is 7.07. The number of nitro groups is 1. The van der Waals surface area contributed by atoms with Crippen molar-refractivity contribution in [3.63, 3.8) is 0 Å². The fourth-order valence-corrected chi connectivity index (χ4v) is 2.45. The van der Waals surface area contributed by atoms with Gasteiger partial charge in [0, 0.05) is 25.9 Å². The van der Waals surface area contributed by atoms with Crippen LogP contribution in [0.1, 0.15) is 24.5 Å². The maximum absolute atomic E-state index is 10.6. The lowest BCUT2D eigenvalue weighted by molar-refractivity contribution is -0.384. The summed E-state index contributed by atoms with van der Waals surface area (Å²) in [6.07, 6.45) is 5.05. The third kappa shape index (κ3) is 2.80. The maximum atomic E-state index is 10.6. The van der Waals surface area contributed by atoms with Gasteiger partial charge in [0.25, 0.3) is 0 Å². The van der Waals surface area contributed by atoms with Crippen LogP contribution in [0.15, 0.2) is 6.20 Å². The largest absolute Gasteiger partial charge is 0.378 e. The van der Waals surface area contributed by atoms with Crippen molar-refractivity contribution >= 4 is 17.5 Å². The molecule has 1 aliphatic heterocycles. The number of hydrogen-bond donors (Lipinski definition) is 2. The summed E-state index contributed by atoms with van der Waals surface area (Å²) >= 11 is 0. The summed E-state index contributed by atoms with van der Waals surface area (Å²) in [4.78, 5) is 17.8. The number of nitrogens with zero attached hydrogens (tertiary/aromatic N) is 6. The molecule has 0 unspecified atom stereocenters. The van der Waals surface area contributed by atoms with E-state index in [4.69, 9.17) is 5.73 Å².